The molecule has 0 bridgehead atoms. The second-order valence-corrected chi connectivity index (χ2v) is 12.4. The van der Waals surface area contributed by atoms with Gasteiger partial charge in [-0.1, -0.05) is 6.92 Å². The number of morpholine rings is 1. The predicted octanol–water partition coefficient (Wildman–Crippen LogP) is 2.93. The van der Waals surface area contributed by atoms with E-state index in [4.69, 9.17) is 4.74 Å². The summed E-state index contributed by atoms with van der Waals surface area (Å²) >= 11 is 1.44. The minimum Gasteiger partial charge on any atom is -0.373 e. The lowest BCUT2D eigenvalue weighted by Crippen LogP contribution is -2.48. The summed E-state index contributed by atoms with van der Waals surface area (Å²) in [6.07, 6.45) is 1.44. The molecule has 2 unspecified atom stereocenters. The van der Waals surface area contributed by atoms with Gasteiger partial charge in [-0.25, -0.2) is 8.42 Å². The lowest BCUT2D eigenvalue weighted by Gasteiger charge is -2.34. The third-order valence-electron chi connectivity index (χ3n) is 6.50. The van der Waals surface area contributed by atoms with E-state index < -0.39 is 10.0 Å². The minimum atomic E-state index is -3.70. The van der Waals surface area contributed by atoms with Crippen LogP contribution < -0.4 is 10.6 Å². The highest BCUT2D eigenvalue weighted by molar-refractivity contribution is 7.89. The molecule has 0 radical (unpaired) electrons. The van der Waals surface area contributed by atoms with Gasteiger partial charge in [-0.05, 0) is 63.1 Å². The number of nitrogens with zero attached hydrogens (tertiary/aromatic N) is 2. The third-order valence-corrected chi connectivity index (χ3v) is 9.48. The molecule has 2 aromatic rings. The molecule has 9 nitrogen and oxygen atoms in total. The van der Waals surface area contributed by atoms with Gasteiger partial charge in [-0.3, -0.25) is 14.5 Å². The fourth-order valence-corrected chi connectivity index (χ4v) is 7.72. The molecular formula is C25H34N4O5S2. The summed E-state index contributed by atoms with van der Waals surface area (Å²) in [5, 5.41) is 6.12. The molecule has 1 aromatic heterocycles. The second kappa shape index (κ2) is 11.0. The fraction of sp³-hybridized carbons (Fsp3) is 0.520. The van der Waals surface area contributed by atoms with E-state index in [1.807, 2.05) is 13.8 Å². The molecular weight excluding hydrogens is 500 g/mol. The summed E-state index contributed by atoms with van der Waals surface area (Å²) in [5.41, 5.74) is 1.84. The first kappa shape index (κ1) is 26.7. The Bertz CT molecular complexity index is 1220. The van der Waals surface area contributed by atoms with E-state index in [0.29, 0.717) is 16.1 Å². The average molecular weight is 535 g/mol. The number of ether oxygens (including phenoxy) is 1. The molecule has 1 fully saturated rings. The van der Waals surface area contributed by atoms with Gasteiger partial charge in [0.05, 0.1) is 22.7 Å². The Hall–Kier alpha value is -2.31. The number of carbonyl (C=O) groups excluding carboxylic acids is 2. The van der Waals surface area contributed by atoms with Crippen LogP contribution in [0.4, 0.5) is 5.00 Å². The highest BCUT2D eigenvalue weighted by Gasteiger charge is 2.32. The maximum Gasteiger partial charge on any atom is 0.256 e. The summed E-state index contributed by atoms with van der Waals surface area (Å²) in [6.45, 7) is 9.05. The van der Waals surface area contributed by atoms with Gasteiger partial charge in [-0.15, -0.1) is 11.3 Å². The number of rotatable bonds is 7. The van der Waals surface area contributed by atoms with Crippen LogP contribution in [-0.4, -0.2) is 74.9 Å². The average Bonchev–Trinajstić information content (AvgIpc) is 3.20. The van der Waals surface area contributed by atoms with Gasteiger partial charge < -0.3 is 15.4 Å². The predicted molar refractivity (Wildman–Crippen MR) is 140 cm³/mol. The van der Waals surface area contributed by atoms with Crippen LogP contribution in [0.3, 0.4) is 0 Å². The summed E-state index contributed by atoms with van der Waals surface area (Å²) < 4.78 is 33.3. The topological polar surface area (TPSA) is 108 Å². The smallest absolute Gasteiger partial charge is 0.256 e. The van der Waals surface area contributed by atoms with Crippen LogP contribution in [0.2, 0.25) is 0 Å². The van der Waals surface area contributed by atoms with E-state index in [1.54, 1.807) is 7.05 Å². The summed E-state index contributed by atoms with van der Waals surface area (Å²) in [4.78, 5) is 29.4. The van der Waals surface area contributed by atoms with Crippen molar-refractivity contribution in [1.29, 1.82) is 0 Å². The molecule has 0 spiro atoms. The molecule has 36 heavy (non-hydrogen) atoms. The highest BCUT2D eigenvalue weighted by atomic mass is 32.2. The second-order valence-electron chi connectivity index (χ2n) is 9.37. The molecule has 0 aliphatic carbocycles. The van der Waals surface area contributed by atoms with Gasteiger partial charge in [0.25, 0.3) is 11.8 Å². The van der Waals surface area contributed by atoms with E-state index in [1.165, 1.54) is 39.9 Å². The van der Waals surface area contributed by atoms with Crippen molar-refractivity contribution in [2.24, 2.45) is 0 Å². The fourth-order valence-electron chi connectivity index (χ4n) is 4.85. The number of sulfonamides is 1. The lowest BCUT2D eigenvalue weighted by molar-refractivity contribution is -0.0440. The SMILES string of the molecule is CCCN1CCc2c(sc(NC(=O)c3ccc(S(=O)(=O)N4CC(C)OC(C)C4)cc3)c2C(=O)NC)C1. The minimum absolute atomic E-state index is 0.133. The number of hydrogen-bond acceptors (Lipinski definition) is 7. The Morgan fingerprint density at radius 2 is 1.78 bits per heavy atom. The number of anilines is 1. The lowest BCUT2D eigenvalue weighted by atomic mass is 10.0. The first-order chi connectivity index (χ1) is 17.1. The molecule has 1 saturated heterocycles. The summed E-state index contributed by atoms with van der Waals surface area (Å²) in [6, 6.07) is 5.92. The van der Waals surface area contributed by atoms with E-state index in [9.17, 15) is 18.0 Å². The Kier molecular flexibility index (Phi) is 8.15. The van der Waals surface area contributed by atoms with E-state index in [2.05, 4.69) is 22.5 Å². The van der Waals surface area contributed by atoms with Gasteiger partial charge in [0, 0.05) is 43.7 Å². The summed E-state index contributed by atoms with van der Waals surface area (Å²) in [5.74, 6) is -0.608. The number of fused-ring (bicyclic) bond motifs is 1. The molecule has 2 aliphatic rings. The largest absolute Gasteiger partial charge is 0.373 e. The van der Waals surface area contributed by atoms with Crippen molar-refractivity contribution < 1.29 is 22.7 Å². The van der Waals surface area contributed by atoms with Crippen molar-refractivity contribution in [2.75, 3.05) is 38.5 Å². The van der Waals surface area contributed by atoms with E-state index >= 15 is 0 Å². The van der Waals surface area contributed by atoms with Crippen molar-refractivity contribution in [3.05, 3.63) is 45.8 Å². The van der Waals surface area contributed by atoms with Crippen molar-refractivity contribution in [3.8, 4) is 0 Å². The number of nitrogens with one attached hydrogen (secondary N) is 2. The van der Waals surface area contributed by atoms with Crippen molar-refractivity contribution in [1.82, 2.24) is 14.5 Å². The van der Waals surface area contributed by atoms with E-state index in [0.717, 1.165) is 42.9 Å². The zero-order valence-electron chi connectivity index (χ0n) is 21.2. The van der Waals surface area contributed by atoms with Gasteiger partial charge in [0.15, 0.2) is 0 Å². The van der Waals surface area contributed by atoms with Crippen LogP contribution in [0.15, 0.2) is 29.2 Å². The Morgan fingerprint density at radius 1 is 1.11 bits per heavy atom. The number of hydrogen-bond donors (Lipinski definition) is 2. The normalized spacial score (nSPS) is 21.1. The van der Waals surface area contributed by atoms with Crippen LogP contribution in [0.1, 0.15) is 58.3 Å². The monoisotopic (exact) mass is 534 g/mol. The third kappa shape index (κ3) is 5.50. The van der Waals surface area contributed by atoms with Crippen LogP contribution in [0, 0.1) is 0 Å². The zero-order valence-corrected chi connectivity index (χ0v) is 22.8. The molecule has 2 atom stereocenters. The molecule has 2 aliphatic heterocycles. The van der Waals surface area contributed by atoms with Crippen LogP contribution in [0.25, 0.3) is 0 Å². The van der Waals surface area contributed by atoms with Crippen molar-refractivity contribution >= 4 is 38.2 Å². The van der Waals surface area contributed by atoms with Gasteiger partial charge >= 0.3 is 0 Å². The molecule has 3 heterocycles. The number of thiophene rings is 1. The molecule has 1 aromatic carbocycles. The molecule has 2 N–H and O–H groups in total. The number of carbonyl (C=O) groups is 2. The first-order valence-corrected chi connectivity index (χ1v) is 14.6. The summed E-state index contributed by atoms with van der Waals surface area (Å²) in [7, 11) is -2.11. The van der Waals surface area contributed by atoms with Crippen molar-refractivity contribution in [3.63, 3.8) is 0 Å². The quantitative estimate of drug-likeness (QED) is 0.566. The van der Waals surface area contributed by atoms with E-state index in [-0.39, 0.29) is 42.0 Å². The van der Waals surface area contributed by atoms with Crippen LogP contribution in [0.5, 0.6) is 0 Å². The zero-order chi connectivity index (χ0) is 26.0. The van der Waals surface area contributed by atoms with Gasteiger partial charge in [0.1, 0.15) is 5.00 Å². The Labute approximate surface area is 216 Å². The molecule has 11 heteroatoms. The molecule has 0 saturated carbocycles. The molecule has 196 valence electrons. The number of amides is 2. The van der Waals surface area contributed by atoms with Gasteiger partial charge in [-0.2, -0.15) is 4.31 Å². The number of benzene rings is 1. The van der Waals surface area contributed by atoms with Crippen LogP contribution >= 0.6 is 11.3 Å². The molecule has 2 amide bonds. The maximum absolute atomic E-state index is 13.1. The van der Waals surface area contributed by atoms with Crippen molar-refractivity contribution in [2.45, 2.75) is 57.3 Å². The van der Waals surface area contributed by atoms with Gasteiger partial charge in [0.2, 0.25) is 10.0 Å². The standard InChI is InChI=1S/C25H34N4O5S2/c1-5-11-28-12-10-20-21(15-28)35-25(22(20)24(31)26-4)27-23(30)18-6-8-19(9-7-18)36(32,33)29-13-16(2)34-17(3)14-29/h6-9,16-17H,5,10-15H2,1-4H3,(H,26,31)(H,27,30). The maximum atomic E-state index is 13.1. The molecule has 4 rings (SSSR count). The first-order valence-electron chi connectivity index (χ1n) is 12.3. The van der Waals surface area contributed by atoms with Crippen LogP contribution in [-0.2, 0) is 27.7 Å². The Morgan fingerprint density at radius 3 is 2.39 bits per heavy atom. The highest BCUT2D eigenvalue weighted by Crippen LogP contribution is 2.37. The Balaban J connectivity index is 1.53.